The lowest BCUT2D eigenvalue weighted by atomic mass is 9.78. The number of nitrogens with zero attached hydrogens (tertiary/aromatic N) is 1. The van der Waals surface area contributed by atoms with Crippen LogP contribution in [-0.2, 0) is 19.1 Å². The number of hydrogen-bond donors (Lipinski definition) is 2. The van der Waals surface area contributed by atoms with Crippen LogP contribution in [0.15, 0.2) is 40.9 Å². The lowest BCUT2D eigenvalue weighted by Gasteiger charge is -2.31. The van der Waals surface area contributed by atoms with Crippen molar-refractivity contribution in [3.05, 3.63) is 67.1 Å². The van der Waals surface area contributed by atoms with E-state index in [1.165, 1.54) is 12.1 Å². The number of halogens is 3. The third-order valence-electron chi connectivity index (χ3n) is 5.54. The molecule has 37 heavy (non-hydrogen) atoms. The molecule has 0 unspecified atom stereocenters. The van der Waals surface area contributed by atoms with Gasteiger partial charge in [0.05, 0.1) is 46.2 Å². The molecule has 0 aromatic heterocycles. The van der Waals surface area contributed by atoms with Gasteiger partial charge in [-0.2, -0.15) is 5.26 Å². The zero-order valence-electron chi connectivity index (χ0n) is 20.0. The van der Waals surface area contributed by atoms with Crippen LogP contribution in [-0.4, -0.2) is 37.3 Å². The fourth-order valence-electron chi connectivity index (χ4n) is 3.79. The molecule has 0 radical (unpaired) electrons. The third kappa shape index (κ3) is 6.33. The lowest BCUT2D eigenvalue weighted by molar-refractivity contribution is -0.150. The van der Waals surface area contributed by atoms with Gasteiger partial charge in [0.1, 0.15) is 5.92 Å². The molecule has 0 saturated heterocycles. The van der Waals surface area contributed by atoms with Crippen molar-refractivity contribution >= 4 is 70.0 Å². The number of carbonyl (C=O) groups excluding carboxylic acids is 3. The highest BCUT2D eigenvalue weighted by Gasteiger charge is 2.44. The van der Waals surface area contributed by atoms with Gasteiger partial charge in [-0.05, 0) is 49.2 Å². The number of hydrogen-bond acceptors (Lipinski definition) is 7. The van der Waals surface area contributed by atoms with E-state index >= 15 is 0 Å². The fourth-order valence-corrected chi connectivity index (χ4v) is 5.42. The number of methoxy groups -OCH3 is 1. The Hall–Kier alpha value is -2.90. The maximum absolute atomic E-state index is 13.0. The molecule has 2 aromatic rings. The third-order valence-corrected chi connectivity index (χ3v) is 7.53. The molecule has 0 bridgehead atoms. The first-order valence-electron chi connectivity index (χ1n) is 10.9. The van der Waals surface area contributed by atoms with Crippen molar-refractivity contribution in [1.29, 1.82) is 5.26 Å². The van der Waals surface area contributed by atoms with Gasteiger partial charge in [0.2, 0.25) is 11.8 Å². The van der Waals surface area contributed by atoms with E-state index in [-0.39, 0.29) is 38.1 Å². The molecule has 1 heterocycles. The van der Waals surface area contributed by atoms with E-state index < -0.39 is 23.7 Å². The summed E-state index contributed by atoms with van der Waals surface area (Å²) in [7, 11) is 1.15. The van der Waals surface area contributed by atoms with Gasteiger partial charge < -0.3 is 20.1 Å². The van der Waals surface area contributed by atoms with Gasteiger partial charge in [0, 0.05) is 16.6 Å². The SMILES string of the molecule is CCOc1c(Cl)cc([C@H]2C(C#N)=C(SCC(=O)Nc3cccc(Cl)c3C)NC(=O)[C@H]2C(=O)OC)cc1Cl. The standard InChI is InChI=1S/C25H22Cl3N3O5S/c1-4-36-22-16(27)8-13(9-17(22)28)20-14(10-29)24(31-23(33)21(20)25(34)35-3)37-11-19(32)30-18-7-5-6-15(26)12(18)2/h5-9,20-21H,4,11H2,1-3H3,(H,30,32)(H,31,33)/t20-,21-/m0/s1. The van der Waals surface area contributed by atoms with Crippen LogP contribution < -0.4 is 15.4 Å². The first-order chi connectivity index (χ1) is 17.6. The minimum Gasteiger partial charge on any atom is -0.491 e. The molecule has 0 spiro atoms. The van der Waals surface area contributed by atoms with Crippen molar-refractivity contribution in [2.75, 3.05) is 24.8 Å². The van der Waals surface area contributed by atoms with E-state index in [0.717, 1.165) is 18.9 Å². The maximum Gasteiger partial charge on any atom is 0.319 e. The molecule has 2 atom stereocenters. The Morgan fingerprint density at radius 3 is 2.46 bits per heavy atom. The number of anilines is 1. The Morgan fingerprint density at radius 2 is 1.86 bits per heavy atom. The predicted molar refractivity (Wildman–Crippen MR) is 144 cm³/mol. The van der Waals surface area contributed by atoms with Crippen molar-refractivity contribution < 1.29 is 23.9 Å². The molecule has 2 aromatic carbocycles. The van der Waals surface area contributed by atoms with Crippen molar-refractivity contribution in [1.82, 2.24) is 5.32 Å². The number of amides is 2. The van der Waals surface area contributed by atoms with Crippen LogP contribution >= 0.6 is 46.6 Å². The number of allylic oxidation sites excluding steroid dienone is 1. The summed E-state index contributed by atoms with van der Waals surface area (Å²) in [4.78, 5) is 38.3. The van der Waals surface area contributed by atoms with Crippen LogP contribution in [0.3, 0.4) is 0 Å². The highest BCUT2D eigenvalue weighted by Crippen LogP contribution is 2.44. The topological polar surface area (TPSA) is 118 Å². The molecular weight excluding hydrogens is 561 g/mol. The fraction of sp³-hybridized carbons (Fsp3) is 0.280. The van der Waals surface area contributed by atoms with Crippen molar-refractivity contribution in [2.24, 2.45) is 5.92 Å². The Kier molecular flexibility index (Phi) is 9.74. The Balaban J connectivity index is 1.97. The molecule has 12 heteroatoms. The highest BCUT2D eigenvalue weighted by atomic mass is 35.5. The molecular formula is C25H22Cl3N3O5S. The second-order valence-electron chi connectivity index (χ2n) is 7.82. The van der Waals surface area contributed by atoms with E-state index in [1.807, 2.05) is 0 Å². The molecule has 3 rings (SSSR count). The van der Waals surface area contributed by atoms with E-state index in [9.17, 15) is 19.6 Å². The van der Waals surface area contributed by atoms with E-state index in [1.54, 1.807) is 32.0 Å². The van der Waals surface area contributed by atoms with Gasteiger partial charge in [-0.25, -0.2) is 0 Å². The normalized spacial score (nSPS) is 17.1. The smallest absolute Gasteiger partial charge is 0.319 e. The number of thioether (sulfide) groups is 1. The number of benzene rings is 2. The molecule has 8 nitrogen and oxygen atoms in total. The van der Waals surface area contributed by atoms with Gasteiger partial charge in [-0.15, -0.1) is 0 Å². The van der Waals surface area contributed by atoms with Gasteiger partial charge >= 0.3 is 5.97 Å². The lowest BCUT2D eigenvalue weighted by Crippen LogP contribution is -2.44. The summed E-state index contributed by atoms with van der Waals surface area (Å²) in [6.45, 7) is 3.85. The molecule has 1 aliphatic heterocycles. The first kappa shape index (κ1) is 28.7. The predicted octanol–water partition coefficient (Wildman–Crippen LogP) is 5.46. The van der Waals surface area contributed by atoms with Gasteiger partial charge in [-0.3, -0.25) is 14.4 Å². The summed E-state index contributed by atoms with van der Waals surface area (Å²) >= 11 is 19.8. The molecule has 0 fully saturated rings. The number of nitriles is 1. The number of rotatable bonds is 8. The second-order valence-corrected chi connectivity index (χ2v) is 10.0. The van der Waals surface area contributed by atoms with E-state index in [0.29, 0.717) is 28.4 Å². The van der Waals surface area contributed by atoms with Crippen molar-refractivity contribution in [3.8, 4) is 11.8 Å². The Morgan fingerprint density at radius 1 is 1.19 bits per heavy atom. The maximum atomic E-state index is 13.0. The Bertz CT molecular complexity index is 1300. The second kappa shape index (κ2) is 12.6. The molecule has 2 amide bonds. The highest BCUT2D eigenvalue weighted by molar-refractivity contribution is 8.03. The van der Waals surface area contributed by atoms with Gasteiger partial charge in [-0.1, -0.05) is 52.6 Å². The van der Waals surface area contributed by atoms with Gasteiger partial charge in [0.15, 0.2) is 5.75 Å². The number of esters is 1. The summed E-state index contributed by atoms with van der Waals surface area (Å²) in [6, 6.07) is 10.2. The van der Waals surface area contributed by atoms with Crippen LogP contribution in [0.5, 0.6) is 5.75 Å². The van der Waals surface area contributed by atoms with Crippen LogP contribution in [0.4, 0.5) is 5.69 Å². The summed E-state index contributed by atoms with van der Waals surface area (Å²) in [5.74, 6) is -4.23. The van der Waals surface area contributed by atoms with Gasteiger partial charge in [0.25, 0.3) is 0 Å². The van der Waals surface area contributed by atoms with Crippen LogP contribution in [0.1, 0.15) is 24.0 Å². The number of carbonyl (C=O) groups is 3. The van der Waals surface area contributed by atoms with Crippen LogP contribution in [0, 0.1) is 24.2 Å². The summed E-state index contributed by atoms with van der Waals surface area (Å²) in [5.41, 5.74) is 1.65. The zero-order chi connectivity index (χ0) is 27.3. The summed E-state index contributed by atoms with van der Waals surface area (Å²) in [6.07, 6.45) is 0. The average Bonchev–Trinajstić information content (AvgIpc) is 2.86. The molecule has 1 aliphatic rings. The summed E-state index contributed by atoms with van der Waals surface area (Å²) in [5, 5.41) is 16.3. The largest absolute Gasteiger partial charge is 0.491 e. The first-order valence-corrected chi connectivity index (χ1v) is 13.1. The summed E-state index contributed by atoms with van der Waals surface area (Å²) < 4.78 is 10.3. The quantitative estimate of drug-likeness (QED) is 0.313. The van der Waals surface area contributed by atoms with Crippen LogP contribution in [0.25, 0.3) is 0 Å². The zero-order valence-corrected chi connectivity index (χ0v) is 23.1. The van der Waals surface area contributed by atoms with Crippen molar-refractivity contribution in [3.63, 3.8) is 0 Å². The Labute approximate surface area is 233 Å². The van der Waals surface area contributed by atoms with E-state index in [4.69, 9.17) is 44.3 Å². The molecule has 0 saturated carbocycles. The average molecular weight is 583 g/mol. The number of nitrogens with one attached hydrogen (secondary N) is 2. The van der Waals surface area contributed by atoms with Crippen LogP contribution in [0.2, 0.25) is 15.1 Å². The monoisotopic (exact) mass is 581 g/mol. The minimum atomic E-state index is -1.38. The van der Waals surface area contributed by atoms with E-state index in [2.05, 4.69) is 16.7 Å². The molecule has 2 N–H and O–H groups in total. The molecule has 0 aliphatic carbocycles. The minimum absolute atomic E-state index is 0.0584. The van der Waals surface area contributed by atoms with Crippen molar-refractivity contribution in [2.45, 2.75) is 19.8 Å². The number of ether oxygens (including phenoxy) is 2. The molecule has 194 valence electrons.